The third-order valence-electron chi connectivity index (χ3n) is 3.40. The van der Waals surface area contributed by atoms with Crippen molar-refractivity contribution in [1.82, 2.24) is 5.32 Å². The van der Waals surface area contributed by atoms with Gasteiger partial charge in [-0.15, -0.1) is 0 Å². The van der Waals surface area contributed by atoms with Gasteiger partial charge in [0, 0.05) is 18.8 Å². The zero-order valence-corrected chi connectivity index (χ0v) is 11.1. The summed E-state index contributed by atoms with van der Waals surface area (Å²) in [6, 6.07) is 7.40. The number of esters is 1. The van der Waals surface area contributed by atoms with Gasteiger partial charge in [0.1, 0.15) is 0 Å². The largest absolute Gasteiger partial charge is 0.465 e. The maximum Gasteiger partial charge on any atom is 0.337 e. The zero-order chi connectivity index (χ0) is 13.7. The summed E-state index contributed by atoms with van der Waals surface area (Å²) in [5.41, 5.74) is 1.56. The maximum absolute atomic E-state index is 11.4. The van der Waals surface area contributed by atoms with E-state index in [0.717, 1.165) is 31.7 Å². The minimum absolute atomic E-state index is 0.0754. The molecule has 1 atom stereocenters. The molecule has 1 aliphatic rings. The molecule has 2 N–H and O–H groups in total. The van der Waals surface area contributed by atoms with Gasteiger partial charge in [0.15, 0.2) is 0 Å². The number of hydrogen-bond donors (Lipinski definition) is 2. The molecule has 1 saturated heterocycles. The predicted molar refractivity (Wildman–Crippen MR) is 73.5 cm³/mol. The third kappa shape index (κ3) is 3.24. The first-order valence-electron chi connectivity index (χ1n) is 6.53. The van der Waals surface area contributed by atoms with Crippen molar-refractivity contribution in [3.8, 4) is 0 Å². The number of methoxy groups -OCH3 is 1. The summed E-state index contributed by atoms with van der Waals surface area (Å²) in [7, 11) is 1.37. The van der Waals surface area contributed by atoms with Crippen molar-refractivity contribution in [3.63, 3.8) is 0 Å². The lowest BCUT2D eigenvalue weighted by Gasteiger charge is -2.30. The molecule has 2 rings (SSSR count). The van der Waals surface area contributed by atoms with E-state index >= 15 is 0 Å². The molecule has 0 spiro atoms. The average Bonchev–Trinajstić information content (AvgIpc) is 2.71. The number of benzene rings is 1. The van der Waals surface area contributed by atoms with Crippen LogP contribution in [0.25, 0.3) is 0 Å². The highest BCUT2D eigenvalue weighted by Crippen LogP contribution is 2.19. The summed E-state index contributed by atoms with van der Waals surface area (Å²) >= 11 is 0. The van der Waals surface area contributed by atoms with E-state index < -0.39 is 0 Å². The molecule has 104 valence electrons. The number of aliphatic hydroxyl groups excluding tert-OH is 1. The number of hydrogen-bond acceptors (Lipinski definition) is 5. The SMILES string of the molecule is COC(=O)c1ccc(N2CCCNCC2CO)cc1. The zero-order valence-electron chi connectivity index (χ0n) is 11.1. The van der Waals surface area contributed by atoms with Crippen LogP contribution >= 0.6 is 0 Å². The van der Waals surface area contributed by atoms with Crippen LogP contribution in [0, 0.1) is 0 Å². The van der Waals surface area contributed by atoms with E-state index in [-0.39, 0.29) is 18.6 Å². The van der Waals surface area contributed by atoms with Crippen molar-refractivity contribution in [3.05, 3.63) is 29.8 Å². The molecule has 1 fully saturated rings. The molecular formula is C14H20N2O3. The van der Waals surface area contributed by atoms with Gasteiger partial charge >= 0.3 is 5.97 Å². The molecule has 0 aromatic heterocycles. The van der Waals surface area contributed by atoms with Crippen LogP contribution in [0.15, 0.2) is 24.3 Å². The van der Waals surface area contributed by atoms with Gasteiger partial charge in [-0.25, -0.2) is 4.79 Å². The van der Waals surface area contributed by atoms with Gasteiger partial charge in [-0.05, 0) is 37.2 Å². The Labute approximate surface area is 113 Å². The molecule has 0 saturated carbocycles. The lowest BCUT2D eigenvalue weighted by Crippen LogP contribution is -2.42. The van der Waals surface area contributed by atoms with Crippen LogP contribution in [0.3, 0.4) is 0 Å². The van der Waals surface area contributed by atoms with Crippen molar-refractivity contribution in [2.24, 2.45) is 0 Å². The first-order valence-corrected chi connectivity index (χ1v) is 6.53. The quantitative estimate of drug-likeness (QED) is 0.784. The lowest BCUT2D eigenvalue weighted by molar-refractivity contribution is 0.0601. The van der Waals surface area contributed by atoms with Gasteiger partial charge in [-0.2, -0.15) is 0 Å². The molecule has 0 amide bonds. The molecule has 0 aliphatic carbocycles. The monoisotopic (exact) mass is 264 g/mol. The summed E-state index contributed by atoms with van der Waals surface area (Å²) in [6.45, 7) is 2.75. The Morgan fingerprint density at radius 3 is 2.84 bits per heavy atom. The van der Waals surface area contributed by atoms with E-state index in [0.29, 0.717) is 5.56 Å². The fourth-order valence-electron chi connectivity index (χ4n) is 2.35. The number of anilines is 1. The number of carbonyl (C=O) groups excluding carboxylic acids is 1. The van der Waals surface area contributed by atoms with Gasteiger partial charge in [0.2, 0.25) is 0 Å². The molecule has 1 heterocycles. The number of nitrogens with zero attached hydrogens (tertiary/aromatic N) is 1. The van der Waals surface area contributed by atoms with E-state index in [1.807, 2.05) is 12.1 Å². The Kier molecular flexibility index (Phi) is 4.76. The van der Waals surface area contributed by atoms with E-state index in [1.54, 1.807) is 12.1 Å². The predicted octanol–water partition coefficient (Wildman–Crippen LogP) is 0.634. The highest BCUT2D eigenvalue weighted by molar-refractivity contribution is 5.89. The van der Waals surface area contributed by atoms with Gasteiger partial charge in [0.25, 0.3) is 0 Å². The van der Waals surface area contributed by atoms with Gasteiger partial charge in [-0.1, -0.05) is 0 Å². The van der Waals surface area contributed by atoms with E-state index in [2.05, 4.69) is 15.0 Å². The van der Waals surface area contributed by atoms with E-state index in [4.69, 9.17) is 0 Å². The van der Waals surface area contributed by atoms with Crippen LogP contribution in [0.1, 0.15) is 16.8 Å². The molecule has 1 aromatic rings. The maximum atomic E-state index is 11.4. The topological polar surface area (TPSA) is 61.8 Å². The standard InChI is InChI=1S/C14H20N2O3/c1-19-14(18)11-3-5-12(6-4-11)16-8-2-7-15-9-13(16)10-17/h3-6,13,15,17H,2,7-10H2,1H3. The van der Waals surface area contributed by atoms with Gasteiger partial charge in [0.05, 0.1) is 25.3 Å². The van der Waals surface area contributed by atoms with Crippen molar-refractivity contribution >= 4 is 11.7 Å². The number of rotatable bonds is 3. The minimum Gasteiger partial charge on any atom is -0.465 e. The molecule has 1 unspecified atom stereocenters. The van der Waals surface area contributed by atoms with Crippen molar-refractivity contribution in [2.45, 2.75) is 12.5 Å². The van der Waals surface area contributed by atoms with Crippen molar-refractivity contribution < 1.29 is 14.6 Å². The molecule has 0 bridgehead atoms. The summed E-state index contributed by atoms with van der Waals surface area (Å²) in [4.78, 5) is 13.6. The smallest absolute Gasteiger partial charge is 0.337 e. The summed E-state index contributed by atoms with van der Waals surface area (Å²) in [5.74, 6) is -0.331. The van der Waals surface area contributed by atoms with Gasteiger partial charge in [-0.3, -0.25) is 0 Å². The fourth-order valence-corrected chi connectivity index (χ4v) is 2.35. The number of carbonyl (C=O) groups is 1. The number of nitrogens with one attached hydrogen (secondary N) is 1. The van der Waals surface area contributed by atoms with Crippen LogP contribution in [0.4, 0.5) is 5.69 Å². The Morgan fingerprint density at radius 2 is 2.21 bits per heavy atom. The van der Waals surface area contributed by atoms with E-state index in [1.165, 1.54) is 7.11 Å². The summed E-state index contributed by atoms with van der Waals surface area (Å²) in [6.07, 6.45) is 1.04. The Bertz CT molecular complexity index is 419. The Hall–Kier alpha value is -1.59. The lowest BCUT2D eigenvalue weighted by atomic mass is 10.1. The second-order valence-corrected chi connectivity index (χ2v) is 4.63. The second-order valence-electron chi connectivity index (χ2n) is 4.63. The molecule has 0 radical (unpaired) electrons. The number of aliphatic hydroxyl groups is 1. The third-order valence-corrected chi connectivity index (χ3v) is 3.40. The van der Waals surface area contributed by atoms with Crippen LogP contribution in [-0.2, 0) is 4.74 Å². The molecule has 1 aliphatic heterocycles. The van der Waals surface area contributed by atoms with Crippen LogP contribution in [0.5, 0.6) is 0 Å². The molecule has 5 nitrogen and oxygen atoms in total. The molecule has 5 heteroatoms. The first-order chi connectivity index (χ1) is 9.26. The Morgan fingerprint density at radius 1 is 1.47 bits per heavy atom. The van der Waals surface area contributed by atoms with Crippen molar-refractivity contribution in [2.75, 3.05) is 38.3 Å². The summed E-state index contributed by atoms with van der Waals surface area (Å²) < 4.78 is 4.68. The number of ether oxygens (including phenoxy) is 1. The average molecular weight is 264 g/mol. The van der Waals surface area contributed by atoms with Gasteiger partial charge < -0.3 is 20.1 Å². The first kappa shape index (κ1) is 13.8. The normalized spacial score (nSPS) is 19.9. The molecular weight excluding hydrogens is 244 g/mol. The van der Waals surface area contributed by atoms with Crippen LogP contribution in [0.2, 0.25) is 0 Å². The second kappa shape index (κ2) is 6.54. The fraction of sp³-hybridized carbons (Fsp3) is 0.500. The van der Waals surface area contributed by atoms with Crippen LogP contribution < -0.4 is 10.2 Å². The molecule has 1 aromatic carbocycles. The summed E-state index contributed by atoms with van der Waals surface area (Å²) in [5, 5.41) is 12.8. The molecule has 19 heavy (non-hydrogen) atoms. The van der Waals surface area contributed by atoms with Crippen LogP contribution in [-0.4, -0.2) is 50.5 Å². The highest BCUT2D eigenvalue weighted by atomic mass is 16.5. The van der Waals surface area contributed by atoms with E-state index in [9.17, 15) is 9.90 Å². The minimum atomic E-state index is -0.331. The highest BCUT2D eigenvalue weighted by Gasteiger charge is 2.20. The van der Waals surface area contributed by atoms with Crippen molar-refractivity contribution in [1.29, 1.82) is 0 Å². The Balaban J connectivity index is 2.17.